The van der Waals surface area contributed by atoms with Crippen molar-refractivity contribution in [3.63, 3.8) is 0 Å². The summed E-state index contributed by atoms with van der Waals surface area (Å²) in [6.45, 7) is 2.97. The van der Waals surface area contributed by atoms with E-state index in [1.54, 1.807) is 0 Å². The van der Waals surface area contributed by atoms with E-state index in [4.69, 9.17) is 16.6 Å². The topological polar surface area (TPSA) is 18.8 Å². The molecule has 4 heteroatoms. The second-order valence-electron chi connectivity index (χ2n) is 6.47. The molecule has 0 bridgehead atoms. The van der Waals surface area contributed by atoms with Gasteiger partial charge in [0, 0.05) is 35.3 Å². The zero-order valence-corrected chi connectivity index (χ0v) is 13.6. The Kier molecular flexibility index (Phi) is 2.92. The lowest BCUT2D eigenvalue weighted by molar-refractivity contribution is 0.311. The van der Waals surface area contributed by atoms with Gasteiger partial charge in [-0.25, -0.2) is 0 Å². The molecule has 3 nitrogen and oxygen atoms in total. The van der Waals surface area contributed by atoms with Crippen molar-refractivity contribution >= 4 is 23.1 Å². The number of anilines is 1. The minimum absolute atomic E-state index is 0.382. The average Bonchev–Trinajstić information content (AvgIpc) is 3.22. The van der Waals surface area contributed by atoms with Crippen LogP contribution in [0, 0.1) is 0 Å². The fourth-order valence-electron chi connectivity index (χ4n) is 4.36. The van der Waals surface area contributed by atoms with E-state index in [1.807, 2.05) is 6.07 Å². The summed E-state index contributed by atoms with van der Waals surface area (Å²) in [5, 5.41) is 0.788. The van der Waals surface area contributed by atoms with Crippen LogP contribution in [0.1, 0.15) is 23.5 Å². The molecule has 3 aliphatic rings. The van der Waals surface area contributed by atoms with E-state index in [-0.39, 0.29) is 0 Å². The van der Waals surface area contributed by atoms with Gasteiger partial charge in [-0.05, 0) is 30.2 Å². The molecule has 0 N–H and O–H groups in total. The molecule has 23 heavy (non-hydrogen) atoms. The molecule has 0 amide bonds. The first-order valence-corrected chi connectivity index (χ1v) is 8.63. The summed E-state index contributed by atoms with van der Waals surface area (Å²) >= 11 is 6.24. The molecule has 2 aromatic rings. The molecular weight excluding hydrogens is 306 g/mol. The van der Waals surface area contributed by atoms with Crippen LogP contribution in [-0.4, -0.2) is 36.5 Å². The Morgan fingerprint density at radius 2 is 1.87 bits per heavy atom. The summed E-state index contributed by atoms with van der Waals surface area (Å²) in [4.78, 5) is 9.82. The van der Waals surface area contributed by atoms with Crippen LogP contribution in [0.15, 0.2) is 53.5 Å². The average molecular weight is 324 g/mol. The van der Waals surface area contributed by atoms with Crippen molar-refractivity contribution in [3.8, 4) is 0 Å². The predicted molar refractivity (Wildman–Crippen MR) is 94.5 cm³/mol. The minimum atomic E-state index is 0.382. The standard InChI is InChI=1S/C19H18ClN3/c20-14-6-7-17-16(12-14)18-21-9-11-23(18)19-15(8-10-22(17)19)13-4-2-1-3-5-13/h1-7,12,15,19H,8-11H2. The molecule has 2 atom stereocenters. The van der Waals surface area contributed by atoms with Crippen molar-refractivity contribution in [1.29, 1.82) is 0 Å². The van der Waals surface area contributed by atoms with Gasteiger partial charge in [0.05, 0.1) is 6.54 Å². The largest absolute Gasteiger partial charge is 0.350 e. The molecule has 1 fully saturated rings. The van der Waals surface area contributed by atoms with Crippen molar-refractivity contribution < 1.29 is 0 Å². The van der Waals surface area contributed by atoms with Gasteiger partial charge >= 0.3 is 0 Å². The Morgan fingerprint density at radius 1 is 1.00 bits per heavy atom. The lowest BCUT2D eigenvalue weighted by atomic mass is 9.93. The molecule has 0 saturated carbocycles. The van der Waals surface area contributed by atoms with Crippen molar-refractivity contribution in [3.05, 3.63) is 64.7 Å². The Balaban J connectivity index is 1.64. The predicted octanol–water partition coefficient (Wildman–Crippen LogP) is 3.74. The summed E-state index contributed by atoms with van der Waals surface area (Å²) < 4.78 is 0. The quantitative estimate of drug-likeness (QED) is 0.796. The van der Waals surface area contributed by atoms with E-state index >= 15 is 0 Å². The SMILES string of the molecule is Clc1ccc2c(c1)C1=NCCN1C1C(c3ccccc3)CCN21. The Morgan fingerprint density at radius 3 is 2.74 bits per heavy atom. The van der Waals surface area contributed by atoms with E-state index in [9.17, 15) is 0 Å². The molecule has 0 aromatic heterocycles. The highest BCUT2D eigenvalue weighted by Gasteiger charge is 2.46. The van der Waals surface area contributed by atoms with Gasteiger partial charge in [0.2, 0.25) is 0 Å². The van der Waals surface area contributed by atoms with Crippen LogP contribution in [0.3, 0.4) is 0 Å². The molecule has 3 aliphatic heterocycles. The summed E-state index contributed by atoms with van der Waals surface area (Å²) in [6.07, 6.45) is 1.56. The minimum Gasteiger partial charge on any atom is -0.350 e. The van der Waals surface area contributed by atoms with Gasteiger partial charge in [0.15, 0.2) is 0 Å². The van der Waals surface area contributed by atoms with E-state index in [2.05, 4.69) is 52.3 Å². The van der Waals surface area contributed by atoms with Gasteiger partial charge in [-0.2, -0.15) is 0 Å². The van der Waals surface area contributed by atoms with Crippen LogP contribution in [0.25, 0.3) is 0 Å². The van der Waals surface area contributed by atoms with Crippen LogP contribution in [0.4, 0.5) is 5.69 Å². The van der Waals surface area contributed by atoms with Gasteiger partial charge in [0.1, 0.15) is 12.0 Å². The lowest BCUT2D eigenvalue weighted by Gasteiger charge is -2.44. The molecule has 0 radical (unpaired) electrons. The number of hydrogen-bond acceptors (Lipinski definition) is 3. The van der Waals surface area contributed by atoms with Crippen LogP contribution < -0.4 is 4.90 Å². The zero-order chi connectivity index (χ0) is 15.4. The molecule has 5 rings (SSSR count). The smallest absolute Gasteiger partial charge is 0.134 e. The highest BCUT2D eigenvalue weighted by molar-refractivity contribution is 6.31. The maximum Gasteiger partial charge on any atom is 0.134 e. The number of rotatable bonds is 1. The van der Waals surface area contributed by atoms with Crippen molar-refractivity contribution in [2.45, 2.75) is 18.5 Å². The van der Waals surface area contributed by atoms with E-state index < -0.39 is 0 Å². The Bertz CT molecular complexity index is 786. The number of nitrogens with zero attached hydrogens (tertiary/aromatic N) is 3. The highest BCUT2D eigenvalue weighted by atomic mass is 35.5. The van der Waals surface area contributed by atoms with Crippen LogP contribution in [0.5, 0.6) is 0 Å². The van der Waals surface area contributed by atoms with Crippen molar-refractivity contribution in [2.75, 3.05) is 24.5 Å². The third-order valence-electron chi connectivity index (χ3n) is 5.29. The molecule has 0 spiro atoms. The van der Waals surface area contributed by atoms with E-state index in [0.29, 0.717) is 12.1 Å². The van der Waals surface area contributed by atoms with Crippen LogP contribution in [-0.2, 0) is 0 Å². The van der Waals surface area contributed by atoms with Gasteiger partial charge in [-0.15, -0.1) is 0 Å². The zero-order valence-electron chi connectivity index (χ0n) is 12.8. The molecule has 2 aromatic carbocycles. The van der Waals surface area contributed by atoms with Gasteiger partial charge in [0.25, 0.3) is 0 Å². The van der Waals surface area contributed by atoms with Gasteiger partial charge in [-0.1, -0.05) is 41.9 Å². The fourth-order valence-corrected chi connectivity index (χ4v) is 4.53. The second kappa shape index (κ2) is 5.00. The van der Waals surface area contributed by atoms with E-state index in [0.717, 1.165) is 30.5 Å². The molecular formula is C19H18ClN3. The first-order valence-electron chi connectivity index (χ1n) is 8.25. The maximum atomic E-state index is 6.24. The summed E-state index contributed by atoms with van der Waals surface area (Å²) in [7, 11) is 0. The maximum absolute atomic E-state index is 6.24. The van der Waals surface area contributed by atoms with Crippen LogP contribution >= 0.6 is 11.6 Å². The highest BCUT2D eigenvalue weighted by Crippen LogP contribution is 2.44. The monoisotopic (exact) mass is 323 g/mol. The number of fused-ring (bicyclic) bond motifs is 6. The lowest BCUT2D eigenvalue weighted by Crippen LogP contribution is -2.53. The molecule has 3 heterocycles. The molecule has 0 aliphatic carbocycles. The number of amidine groups is 1. The molecule has 116 valence electrons. The first kappa shape index (κ1) is 13.4. The van der Waals surface area contributed by atoms with Crippen molar-refractivity contribution in [1.82, 2.24) is 4.90 Å². The second-order valence-corrected chi connectivity index (χ2v) is 6.91. The number of benzene rings is 2. The summed E-state index contributed by atoms with van der Waals surface area (Å²) in [5.74, 6) is 1.66. The third kappa shape index (κ3) is 1.93. The normalized spacial score (nSPS) is 25.0. The summed E-state index contributed by atoms with van der Waals surface area (Å²) in [6, 6.07) is 17.1. The van der Waals surface area contributed by atoms with E-state index in [1.165, 1.54) is 23.2 Å². The number of hydrogen-bond donors (Lipinski definition) is 0. The fraction of sp³-hybridized carbons (Fsp3) is 0.316. The Hall–Kier alpha value is -2.00. The van der Waals surface area contributed by atoms with Gasteiger partial charge < -0.3 is 9.80 Å². The molecule has 2 unspecified atom stereocenters. The Labute approximate surface area is 141 Å². The number of aliphatic imine (C=N–C) groups is 1. The van der Waals surface area contributed by atoms with Crippen molar-refractivity contribution in [2.24, 2.45) is 4.99 Å². The van der Waals surface area contributed by atoms with Gasteiger partial charge in [-0.3, -0.25) is 4.99 Å². The molecule has 1 saturated heterocycles. The third-order valence-corrected chi connectivity index (χ3v) is 5.53. The number of halogens is 1. The summed E-state index contributed by atoms with van der Waals surface area (Å²) in [5.41, 5.74) is 3.92. The first-order chi connectivity index (χ1) is 11.3. The van der Waals surface area contributed by atoms with Crippen LogP contribution in [0.2, 0.25) is 5.02 Å².